The van der Waals surface area contributed by atoms with Crippen molar-refractivity contribution in [2.45, 2.75) is 13.8 Å². The van der Waals surface area contributed by atoms with Gasteiger partial charge in [-0.15, -0.1) is 0 Å². The molecule has 0 saturated carbocycles. The van der Waals surface area contributed by atoms with Crippen molar-refractivity contribution in [1.29, 1.82) is 0 Å². The summed E-state index contributed by atoms with van der Waals surface area (Å²) in [7, 11) is 0. The highest BCUT2D eigenvalue weighted by atomic mass is 16.5. The average molecular weight is 468 g/mol. The zero-order chi connectivity index (χ0) is 24.4. The second-order valence-corrected chi connectivity index (χ2v) is 8.22. The third kappa shape index (κ3) is 4.39. The van der Waals surface area contributed by atoms with Crippen LogP contribution in [0, 0.1) is 13.8 Å². The van der Waals surface area contributed by atoms with Crippen LogP contribution < -0.4 is 10.1 Å². The van der Waals surface area contributed by atoms with Crippen LogP contribution in [0.15, 0.2) is 79.4 Å². The number of anilines is 1. The summed E-state index contributed by atoms with van der Waals surface area (Å²) in [5.41, 5.74) is 6.81. The Balaban J connectivity index is 1.51. The first kappa shape index (κ1) is 22.4. The molecule has 0 spiro atoms. The Labute approximate surface area is 202 Å². The average Bonchev–Trinajstić information content (AvgIpc) is 3.48. The van der Waals surface area contributed by atoms with Gasteiger partial charge in [-0.2, -0.15) is 0 Å². The van der Waals surface area contributed by atoms with Crippen LogP contribution in [-0.4, -0.2) is 43.4 Å². The minimum atomic E-state index is -0.242. The van der Waals surface area contributed by atoms with Crippen LogP contribution in [0.5, 0.6) is 5.75 Å². The van der Waals surface area contributed by atoms with Gasteiger partial charge in [0.2, 0.25) is 0 Å². The maximum Gasteiger partial charge on any atom is 0.255 e. The molecule has 8 nitrogen and oxygen atoms in total. The first-order valence-corrected chi connectivity index (χ1v) is 11.3. The number of benzene rings is 2. The molecule has 35 heavy (non-hydrogen) atoms. The Bertz CT molecular complexity index is 1500. The molecule has 0 radical (unpaired) electrons. The van der Waals surface area contributed by atoms with E-state index in [1.54, 1.807) is 30.5 Å². The van der Waals surface area contributed by atoms with Crippen LogP contribution >= 0.6 is 0 Å². The molecule has 3 heterocycles. The number of imidazole rings is 1. The molecular formula is C27H25N5O3. The summed E-state index contributed by atoms with van der Waals surface area (Å²) in [4.78, 5) is 21.8. The highest BCUT2D eigenvalue weighted by Gasteiger charge is 2.16. The van der Waals surface area contributed by atoms with E-state index in [-0.39, 0.29) is 19.1 Å². The number of aliphatic hydroxyl groups is 1. The monoisotopic (exact) mass is 467 g/mol. The number of carbonyl (C=O) groups is 1. The molecule has 0 fully saturated rings. The molecule has 8 heteroatoms. The van der Waals surface area contributed by atoms with Crippen molar-refractivity contribution in [2.24, 2.45) is 0 Å². The largest absolute Gasteiger partial charge is 0.491 e. The fourth-order valence-electron chi connectivity index (χ4n) is 4.11. The summed E-state index contributed by atoms with van der Waals surface area (Å²) >= 11 is 0. The van der Waals surface area contributed by atoms with E-state index in [1.165, 1.54) is 0 Å². The van der Waals surface area contributed by atoms with Gasteiger partial charge in [-0.25, -0.2) is 9.50 Å². The molecule has 3 aromatic heterocycles. The molecule has 2 aromatic carbocycles. The number of hydrogen-bond donors (Lipinski definition) is 2. The minimum Gasteiger partial charge on any atom is -0.491 e. The molecule has 176 valence electrons. The Morgan fingerprint density at radius 2 is 1.94 bits per heavy atom. The predicted molar refractivity (Wildman–Crippen MR) is 134 cm³/mol. The van der Waals surface area contributed by atoms with Gasteiger partial charge in [-0.1, -0.05) is 12.1 Å². The van der Waals surface area contributed by atoms with Gasteiger partial charge in [0.1, 0.15) is 12.4 Å². The third-order valence-corrected chi connectivity index (χ3v) is 5.80. The van der Waals surface area contributed by atoms with Crippen molar-refractivity contribution >= 4 is 17.2 Å². The second-order valence-electron chi connectivity index (χ2n) is 8.22. The van der Waals surface area contributed by atoms with Gasteiger partial charge in [-0.3, -0.25) is 14.5 Å². The molecule has 5 rings (SSSR count). The summed E-state index contributed by atoms with van der Waals surface area (Å²) in [6, 6.07) is 16.8. The topological polar surface area (TPSA) is 93.7 Å². The zero-order valence-electron chi connectivity index (χ0n) is 19.5. The summed E-state index contributed by atoms with van der Waals surface area (Å²) in [6.07, 6.45) is 7.36. The van der Waals surface area contributed by atoms with Crippen molar-refractivity contribution in [3.63, 3.8) is 0 Å². The summed E-state index contributed by atoms with van der Waals surface area (Å²) in [6.45, 7) is 4.10. The number of rotatable bonds is 7. The Morgan fingerprint density at radius 3 is 2.74 bits per heavy atom. The smallest absolute Gasteiger partial charge is 0.255 e. The fourth-order valence-corrected chi connectivity index (χ4v) is 4.11. The van der Waals surface area contributed by atoms with Gasteiger partial charge in [0.15, 0.2) is 5.65 Å². The molecule has 1 amide bonds. The lowest BCUT2D eigenvalue weighted by atomic mass is 10.1. The van der Waals surface area contributed by atoms with Gasteiger partial charge in [0.25, 0.3) is 5.91 Å². The van der Waals surface area contributed by atoms with Crippen LogP contribution in [0.2, 0.25) is 0 Å². The quantitative estimate of drug-likeness (QED) is 0.369. The molecule has 2 N–H and O–H groups in total. The number of aryl methyl sites for hydroxylation is 2. The highest BCUT2D eigenvalue weighted by Crippen LogP contribution is 2.28. The maximum atomic E-state index is 13.0. The number of ether oxygens (including phenoxy) is 1. The summed E-state index contributed by atoms with van der Waals surface area (Å²) in [5.74, 6) is 0.291. The summed E-state index contributed by atoms with van der Waals surface area (Å²) < 4.78 is 9.49. The molecule has 0 aliphatic heterocycles. The van der Waals surface area contributed by atoms with Crippen LogP contribution in [0.25, 0.3) is 22.6 Å². The van der Waals surface area contributed by atoms with E-state index in [0.717, 1.165) is 33.7 Å². The molecular weight excluding hydrogens is 442 g/mol. The maximum absolute atomic E-state index is 13.0. The van der Waals surface area contributed by atoms with E-state index in [4.69, 9.17) is 9.84 Å². The number of nitrogens with one attached hydrogen (secondary N) is 1. The van der Waals surface area contributed by atoms with Crippen LogP contribution in [0.4, 0.5) is 5.69 Å². The van der Waals surface area contributed by atoms with Crippen molar-refractivity contribution in [3.8, 4) is 22.7 Å². The van der Waals surface area contributed by atoms with E-state index in [1.807, 2.05) is 65.9 Å². The van der Waals surface area contributed by atoms with Crippen molar-refractivity contribution in [2.75, 3.05) is 18.5 Å². The molecule has 0 saturated heterocycles. The molecule has 0 atom stereocenters. The lowest BCUT2D eigenvalue weighted by Gasteiger charge is -2.16. The van der Waals surface area contributed by atoms with Crippen LogP contribution in [0.3, 0.4) is 0 Å². The highest BCUT2D eigenvalue weighted by molar-refractivity contribution is 6.05. The molecule has 0 aliphatic carbocycles. The molecule has 0 aliphatic rings. The number of hydrogen-bond acceptors (Lipinski definition) is 5. The number of carbonyl (C=O) groups excluding carboxylic acids is 1. The Morgan fingerprint density at radius 1 is 1.06 bits per heavy atom. The van der Waals surface area contributed by atoms with Crippen molar-refractivity contribution in [3.05, 3.63) is 96.1 Å². The Kier molecular flexibility index (Phi) is 6.03. The first-order chi connectivity index (χ1) is 17.0. The normalized spacial score (nSPS) is 11.1. The van der Waals surface area contributed by atoms with Gasteiger partial charge < -0.3 is 15.2 Å². The molecule has 0 bridgehead atoms. The Hall–Kier alpha value is -4.43. The number of fused-ring (bicyclic) bond motifs is 1. The standard InChI is InChI=1S/C27H25N5O3/c1-18-13-19(2)24(15-23(18)30-27(34)20-5-3-7-22(14-20)35-12-11-33)31-10-8-26-29-17-25(32(26)31)21-6-4-9-28-16-21/h3-10,13-17,33H,11-12H2,1-2H3,(H,30,34). The lowest BCUT2D eigenvalue weighted by Crippen LogP contribution is -2.14. The minimum absolute atomic E-state index is 0.0894. The molecule has 0 unspecified atom stereocenters. The number of amides is 1. The SMILES string of the molecule is Cc1cc(C)c(-n2ccc3ncc(-c4cccnc4)n32)cc1NC(=O)c1cccc(OCCO)c1. The zero-order valence-corrected chi connectivity index (χ0v) is 19.5. The van der Waals surface area contributed by atoms with Crippen LogP contribution in [-0.2, 0) is 0 Å². The third-order valence-electron chi connectivity index (χ3n) is 5.80. The van der Waals surface area contributed by atoms with E-state index < -0.39 is 0 Å². The van der Waals surface area contributed by atoms with Crippen LogP contribution in [0.1, 0.15) is 21.5 Å². The number of aromatic nitrogens is 4. The van der Waals surface area contributed by atoms with E-state index in [2.05, 4.69) is 21.4 Å². The fraction of sp³-hybridized carbons (Fsp3) is 0.148. The predicted octanol–water partition coefficient (Wildman–Crippen LogP) is 4.43. The van der Waals surface area contributed by atoms with Crippen molar-refractivity contribution < 1.29 is 14.6 Å². The number of nitrogens with zero attached hydrogens (tertiary/aromatic N) is 4. The van der Waals surface area contributed by atoms with E-state index >= 15 is 0 Å². The van der Waals surface area contributed by atoms with Gasteiger partial charge in [-0.05, 0) is 61.4 Å². The van der Waals surface area contributed by atoms with Gasteiger partial charge in [0, 0.05) is 41.5 Å². The number of pyridine rings is 1. The molecule has 5 aromatic rings. The lowest BCUT2D eigenvalue weighted by molar-refractivity contribution is 0.102. The first-order valence-electron chi connectivity index (χ1n) is 11.3. The van der Waals surface area contributed by atoms with E-state index in [0.29, 0.717) is 17.0 Å². The van der Waals surface area contributed by atoms with Gasteiger partial charge >= 0.3 is 0 Å². The summed E-state index contributed by atoms with van der Waals surface area (Å²) in [5, 5.41) is 12.0. The number of aliphatic hydroxyl groups excluding tert-OH is 1. The van der Waals surface area contributed by atoms with Crippen molar-refractivity contribution in [1.82, 2.24) is 19.2 Å². The van der Waals surface area contributed by atoms with Gasteiger partial charge in [0.05, 0.1) is 24.2 Å². The van der Waals surface area contributed by atoms with E-state index in [9.17, 15) is 4.79 Å². The second kappa shape index (κ2) is 9.44.